The van der Waals surface area contributed by atoms with E-state index >= 15 is 0 Å². The molecule has 1 saturated heterocycles. The van der Waals surface area contributed by atoms with Gasteiger partial charge >= 0.3 is 5.97 Å². The average Bonchev–Trinajstić information content (AvgIpc) is 2.75. The van der Waals surface area contributed by atoms with Crippen LogP contribution in [0.25, 0.3) is 0 Å². The van der Waals surface area contributed by atoms with E-state index < -0.39 is 23.2 Å². The van der Waals surface area contributed by atoms with Crippen LogP contribution >= 0.6 is 0 Å². The number of ether oxygens (including phenoxy) is 1. The zero-order chi connectivity index (χ0) is 11.1. The molecule has 1 aliphatic carbocycles. The second kappa shape index (κ2) is 3.32. The van der Waals surface area contributed by atoms with Gasteiger partial charge in [0.15, 0.2) is 5.92 Å². The SMILES string of the molecule is COC(=O)[C@H]1C(=O)NC(=O)C12CCCC2. The quantitative estimate of drug-likeness (QED) is 0.376. The lowest BCUT2D eigenvalue weighted by atomic mass is 9.75. The Morgan fingerprint density at radius 1 is 1.40 bits per heavy atom. The van der Waals surface area contributed by atoms with Crippen molar-refractivity contribution < 1.29 is 19.1 Å². The molecule has 0 aromatic carbocycles. The predicted molar refractivity (Wildman–Crippen MR) is 49.6 cm³/mol. The van der Waals surface area contributed by atoms with Gasteiger partial charge in [0, 0.05) is 0 Å². The van der Waals surface area contributed by atoms with Crippen molar-refractivity contribution in [3.05, 3.63) is 0 Å². The second-order valence-electron chi connectivity index (χ2n) is 4.14. The number of nitrogens with one attached hydrogen (secondary N) is 1. The number of hydrogen-bond donors (Lipinski definition) is 1. The van der Waals surface area contributed by atoms with Gasteiger partial charge in [0.05, 0.1) is 12.5 Å². The summed E-state index contributed by atoms with van der Waals surface area (Å²) in [5, 5.41) is 2.24. The maximum Gasteiger partial charge on any atom is 0.319 e. The van der Waals surface area contributed by atoms with Crippen molar-refractivity contribution in [1.29, 1.82) is 0 Å². The molecular formula is C10H13NO4. The van der Waals surface area contributed by atoms with Crippen molar-refractivity contribution in [1.82, 2.24) is 5.32 Å². The number of carbonyl (C=O) groups excluding carboxylic acids is 3. The fraction of sp³-hybridized carbons (Fsp3) is 0.700. The van der Waals surface area contributed by atoms with E-state index in [-0.39, 0.29) is 5.91 Å². The summed E-state index contributed by atoms with van der Waals surface area (Å²) in [4.78, 5) is 34.7. The highest BCUT2D eigenvalue weighted by atomic mass is 16.5. The van der Waals surface area contributed by atoms with Crippen molar-refractivity contribution in [2.24, 2.45) is 11.3 Å². The zero-order valence-corrected chi connectivity index (χ0v) is 8.54. The van der Waals surface area contributed by atoms with Gasteiger partial charge in [-0.2, -0.15) is 0 Å². The predicted octanol–water partition coefficient (Wildman–Crippen LogP) is -0.00760. The topological polar surface area (TPSA) is 72.5 Å². The summed E-state index contributed by atoms with van der Waals surface area (Å²) in [6.45, 7) is 0. The van der Waals surface area contributed by atoms with E-state index in [1.165, 1.54) is 7.11 Å². The van der Waals surface area contributed by atoms with Gasteiger partial charge in [-0.25, -0.2) is 0 Å². The molecule has 2 aliphatic rings. The molecular weight excluding hydrogens is 198 g/mol. The summed E-state index contributed by atoms with van der Waals surface area (Å²) >= 11 is 0. The Bertz CT molecular complexity index is 330. The molecule has 1 heterocycles. The molecule has 1 N–H and O–H groups in total. The van der Waals surface area contributed by atoms with Gasteiger partial charge < -0.3 is 4.74 Å². The summed E-state index contributed by atoms with van der Waals surface area (Å²) in [5.74, 6) is -2.34. The van der Waals surface area contributed by atoms with Crippen LogP contribution < -0.4 is 5.32 Å². The van der Waals surface area contributed by atoms with Crippen molar-refractivity contribution in [3.63, 3.8) is 0 Å². The highest BCUT2D eigenvalue weighted by Gasteiger charge is 2.59. The minimum atomic E-state index is -0.933. The van der Waals surface area contributed by atoms with E-state index in [0.29, 0.717) is 12.8 Å². The molecule has 5 nitrogen and oxygen atoms in total. The summed E-state index contributed by atoms with van der Waals surface area (Å²) in [7, 11) is 1.24. The fourth-order valence-corrected chi connectivity index (χ4v) is 2.66. The van der Waals surface area contributed by atoms with Gasteiger partial charge in [0.2, 0.25) is 11.8 Å². The molecule has 1 atom stereocenters. The van der Waals surface area contributed by atoms with Crippen LogP contribution in [0.15, 0.2) is 0 Å². The Labute approximate surface area is 87.2 Å². The van der Waals surface area contributed by atoms with E-state index in [2.05, 4.69) is 10.1 Å². The first-order valence-corrected chi connectivity index (χ1v) is 5.05. The maximum atomic E-state index is 11.7. The molecule has 1 saturated carbocycles. The van der Waals surface area contributed by atoms with Crippen molar-refractivity contribution >= 4 is 17.8 Å². The first-order valence-electron chi connectivity index (χ1n) is 5.05. The van der Waals surface area contributed by atoms with Gasteiger partial charge in [-0.3, -0.25) is 19.7 Å². The molecule has 82 valence electrons. The average molecular weight is 211 g/mol. The lowest BCUT2D eigenvalue weighted by Crippen LogP contribution is -2.37. The first-order chi connectivity index (χ1) is 7.12. The summed E-state index contributed by atoms with van der Waals surface area (Å²) < 4.78 is 4.59. The monoisotopic (exact) mass is 211 g/mol. The number of hydrogen-bond acceptors (Lipinski definition) is 4. The van der Waals surface area contributed by atoms with Gasteiger partial charge in [-0.15, -0.1) is 0 Å². The van der Waals surface area contributed by atoms with Crippen LogP contribution in [-0.4, -0.2) is 24.9 Å². The minimum Gasteiger partial charge on any atom is -0.468 e. The van der Waals surface area contributed by atoms with Crippen molar-refractivity contribution in [3.8, 4) is 0 Å². The molecule has 5 heteroatoms. The number of carbonyl (C=O) groups is 3. The van der Waals surface area contributed by atoms with Crippen LogP contribution in [-0.2, 0) is 19.1 Å². The Hall–Kier alpha value is -1.39. The van der Waals surface area contributed by atoms with Crippen LogP contribution in [0.2, 0.25) is 0 Å². The van der Waals surface area contributed by atoms with E-state index in [9.17, 15) is 14.4 Å². The normalized spacial score (nSPS) is 28.2. The third kappa shape index (κ3) is 1.26. The largest absolute Gasteiger partial charge is 0.468 e. The molecule has 2 rings (SSSR count). The van der Waals surface area contributed by atoms with E-state index in [4.69, 9.17) is 0 Å². The highest BCUT2D eigenvalue weighted by molar-refractivity contribution is 6.15. The maximum absolute atomic E-state index is 11.7. The highest BCUT2D eigenvalue weighted by Crippen LogP contribution is 2.47. The lowest BCUT2D eigenvalue weighted by molar-refractivity contribution is -0.154. The molecule has 15 heavy (non-hydrogen) atoms. The Morgan fingerprint density at radius 2 is 2.00 bits per heavy atom. The van der Waals surface area contributed by atoms with E-state index in [1.807, 2.05) is 0 Å². The minimum absolute atomic E-state index is 0.305. The lowest BCUT2D eigenvalue weighted by Gasteiger charge is -2.23. The smallest absolute Gasteiger partial charge is 0.319 e. The van der Waals surface area contributed by atoms with Crippen LogP contribution in [0.4, 0.5) is 0 Å². The number of rotatable bonds is 1. The number of esters is 1. The molecule has 0 unspecified atom stereocenters. The van der Waals surface area contributed by atoms with Crippen LogP contribution in [0.1, 0.15) is 25.7 Å². The Kier molecular flexibility index (Phi) is 2.25. The first kappa shape index (κ1) is 10.1. The molecule has 0 aromatic rings. The van der Waals surface area contributed by atoms with Gasteiger partial charge in [-0.05, 0) is 12.8 Å². The van der Waals surface area contributed by atoms with E-state index in [1.54, 1.807) is 0 Å². The number of methoxy groups -OCH3 is 1. The van der Waals surface area contributed by atoms with Gasteiger partial charge in [0.25, 0.3) is 0 Å². The zero-order valence-electron chi connectivity index (χ0n) is 8.54. The molecule has 2 fully saturated rings. The third-order valence-electron chi connectivity index (χ3n) is 3.44. The molecule has 1 spiro atoms. The van der Waals surface area contributed by atoms with Crippen molar-refractivity contribution in [2.75, 3.05) is 7.11 Å². The summed E-state index contributed by atoms with van der Waals surface area (Å²) in [6.07, 6.45) is 2.97. The molecule has 0 radical (unpaired) electrons. The third-order valence-corrected chi connectivity index (χ3v) is 3.44. The summed E-state index contributed by atoms with van der Waals surface area (Å²) in [6, 6.07) is 0. The standard InChI is InChI=1S/C10H13NO4/c1-15-8(13)6-7(12)11-9(14)10(6)4-2-3-5-10/h6H,2-5H2,1H3,(H,11,12,14)/t6-/m1/s1. The van der Waals surface area contributed by atoms with Gasteiger partial charge in [0.1, 0.15) is 0 Å². The molecule has 0 aromatic heterocycles. The molecule has 1 aliphatic heterocycles. The number of imide groups is 1. The summed E-state index contributed by atoms with van der Waals surface area (Å²) in [5.41, 5.74) is -0.815. The van der Waals surface area contributed by atoms with Crippen molar-refractivity contribution in [2.45, 2.75) is 25.7 Å². The Balaban J connectivity index is 2.37. The molecule has 0 bridgehead atoms. The number of amides is 2. The van der Waals surface area contributed by atoms with E-state index in [0.717, 1.165) is 12.8 Å². The van der Waals surface area contributed by atoms with Gasteiger partial charge in [-0.1, -0.05) is 12.8 Å². The van der Waals surface area contributed by atoms with Crippen LogP contribution in [0.3, 0.4) is 0 Å². The fourth-order valence-electron chi connectivity index (χ4n) is 2.66. The van der Waals surface area contributed by atoms with Crippen LogP contribution in [0, 0.1) is 11.3 Å². The molecule has 2 amide bonds. The Morgan fingerprint density at radius 3 is 2.53 bits per heavy atom. The second-order valence-corrected chi connectivity index (χ2v) is 4.14. The van der Waals surface area contributed by atoms with Crippen LogP contribution in [0.5, 0.6) is 0 Å².